The zero-order valence-corrected chi connectivity index (χ0v) is 22.0. The number of amides is 1. The Morgan fingerprint density at radius 2 is 1.95 bits per heavy atom. The number of H-pyrrole nitrogens is 1. The number of piperidine rings is 1. The Morgan fingerprint density at radius 3 is 2.61 bits per heavy atom. The van der Waals surface area contributed by atoms with Gasteiger partial charge in [-0.2, -0.15) is 0 Å². The highest BCUT2D eigenvalue weighted by Gasteiger charge is 2.58. The molecule has 2 aromatic carbocycles. The topological polar surface area (TPSA) is 68.8 Å². The summed E-state index contributed by atoms with van der Waals surface area (Å²) < 4.78 is 33.9. The van der Waals surface area contributed by atoms with E-state index >= 15 is 0 Å². The Labute approximate surface area is 221 Å². The maximum Gasteiger partial charge on any atom is 0.253 e. The highest BCUT2D eigenvalue weighted by atomic mass is 19.3. The van der Waals surface area contributed by atoms with Crippen molar-refractivity contribution >= 4 is 16.8 Å². The van der Waals surface area contributed by atoms with Crippen molar-refractivity contribution in [3.8, 4) is 5.75 Å². The Hall–Kier alpha value is -2.97. The summed E-state index contributed by atoms with van der Waals surface area (Å²) in [5.74, 6) is -1.82. The molecule has 3 fully saturated rings. The number of methoxy groups -OCH3 is 1. The molecule has 0 bridgehead atoms. The number of carbonyl (C=O) groups excluding carboxylic acids is 1. The molecule has 1 aromatic heterocycles. The molecule has 2 aliphatic heterocycles. The van der Waals surface area contributed by atoms with Gasteiger partial charge in [0.25, 0.3) is 5.91 Å². The van der Waals surface area contributed by atoms with Gasteiger partial charge in [-0.3, -0.25) is 9.69 Å². The smallest absolute Gasteiger partial charge is 0.253 e. The minimum atomic E-state index is -2.57. The Balaban J connectivity index is 1.30. The highest BCUT2D eigenvalue weighted by molar-refractivity contribution is 5.94. The van der Waals surface area contributed by atoms with Gasteiger partial charge in [0.15, 0.2) is 0 Å². The van der Waals surface area contributed by atoms with E-state index in [1.54, 1.807) is 12.0 Å². The lowest BCUT2D eigenvalue weighted by Gasteiger charge is -2.54. The van der Waals surface area contributed by atoms with Crippen molar-refractivity contribution in [2.45, 2.75) is 63.6 Å². The van der Waals surface area contributed by atoms with Crippen molar-refractivity contribution in [3.63, 3.8) is 0 Å². The van der Waals surface area contributed by atoms with Crippen molar-refractivity contribution in [2.24, 2.45) is 5.41 Å². The molecule has 1 spiro atoms. The number of ether oxygens (including phenoxy) is 1. The van der Waals surface area contributed by atoms with E-state index in [2.05, 4.69) is 28.9 Å². The average molecular weight is 524 g/mol. The van der Waals surface area contributed by atoms with Gasteiger partial charge in [0.2, 0.25) is 5.92 Å². The van der Waals surface area contributed by atoms with Crippen LogP contribution in [0.3, 0.4) is 0 Å². The summed E-state index contributed by atoms with van der Waals surface area (Å²) in [6.07, 6.45) is 3.40. The number of rotatable bonds is 5. The first-order chi connectivity index (χ1) is 18.2. The molecule has 1 amide bonds. The van der Waals surface area contributed by atoms with Crippen molar-refractivity contribution in [1.82, 2.24) is 14.8 Å². The Kier molecular flexibility index (Phi) is 6.23. The molecule has 6 rings (SSSR count). The number of likely N-dealkylation sites (tertiary alicyclic amines) is 2. The molecular formula is C30H35F2N3O3. The minimum absolute atomic E-state index is 0.0439. The zero-order valence-electron chi connectivity index (χ0n) is 22.0. The maximum absolute atomic E-state index is 14.0. The van der Waals surface area contributed by atoms with Gasteiger partial charge in [0.05, 0.1) is 13.2 Å². The first kappa shape index (κ1) is 25.3. The Bertz CT molecular complexity index is 1340. The van der Waals surface area contributed by atoms with Crippen LogP contribution in [0.5, 0.6) is 5.75 Å². The molecule has 1 aliphatic carbocycles. The number of aliphatic hydroxyl groups excluding tert-OH is 1. The lowest BCUT2D eigenvalue weighted by Crippen LogP contribution is -2.53. The summed E-state index contributed by atoms with van der Waals surface area (Å²) >= 11 is 0. The van der Waals surface area contributed by atoms with Crippen molar-refractivity contribution in [2.75, 3.05) is 26.7 Å². The van der Waals surface area contributed by atoms with E-state index in [0.29, 0.717) is 38.0 Å². The van der Waals surface area contributed by atoms with Crippen LogP contribution in [-0.4, -0.2) is 64.6 Å². The number of hydrogen-bond acceptors (Lipinski definition) is 4. The highest BCUT2D eigenvalue weighted by Crippen LogP contribution is 2.60. The van der Waals surface area contributed by atoms with Crippen LogP contribution in [0.4, 0.5) is 8.78 Å². The molecule has 2 saturated heterocycles. The van der Waals surface area contributed by atoms with Crippen LogP contribution in [-0.2, 0) is 6.54 Å². The van der Waals surface area contributed by atoms with E-state index in [4.69, 9.17) is 4.74 Å². The third kappa shape index (κ3) is 4.47. The molecule has 3 aliphatic rings. The summed E-state index contributed by atoms with van der Waals surface area (Å²) in [6, 6.07) is 11.7. The third-order valence-electron chi connectivity index (χ3n) is 8.95. The van der Waals surface area contributed by atoms with Crippen LogP contribution in [0.1, 0.15) is 65.2 Å². The van der Waals surface area contributed by atoms with E-state index < -0.39 is 12.0 Å². The van der Waals surface area contributed by atoms with Gasteiger partial charge in [-0.15, -0.1) is 0 Å². The number of alkyl halides is 2. The van der Waals surface area contributed by atoms with Crippen LogP contribution in [0.2, 0.25) is 0 Å². The van der Waals surface area contributed by atoms with Gasteiger partial charge in [-0.25, -0.2) is 8.78 Å². The summed E-state index contributed by atoms with van der Waals surface area (Å²) in [5, 5.41) is 10.9. The van der Waals surface area contributed by atoms with Gasteiger partial charge in [-0.05, 0) is 73.5 Å². The SMILES string of the molecule is COc1cc(C)c2[nH]ccc2c1CN1CCC2(C[C@H]1c1ccc(C(=O)N3CC[C@H](O)C3)cc1)CC(F)(F)C2. The number of aliphatic hydroxyl groups is 1. The van der Waals surface area contributed by atoms with Gasteiger partial charge in [0.1, 0.15) is 5.75 Å². The van der Waals surface area contributed by atoms with Gasteiger partial charge in [0, 0.05) is 66.7 Å². The summed E-state index contributed by atoms with van der Waals surface area (Å²) in [4.78, 5) is 20.3. The van der Waals surface area contributed by atoms with Crippen molar-refractivity contribution in [1.29, 1.82) is 0 Å². The largest absolute Gasteiger partial charge is 0.496 e. The number of β-amino-alcohol motifs (C(OH)–C–C–N with tert-alkyl or cyclic N) is 1. The second-order valence-corrected chi connectivity index (χ2v) is 11.6. The third-order valence-corrected chi connectivity index (χ3v) is 8.95. The fourth-order valence-corrected chi connectivity index (χ4v) is 7.00. The number of nitrogens with one attached hydrogen (secondary N) is 1. The van der Waals surface area contributed by atoms with Gasteiger partial charge in [-0.1, -0.05) is 12.1 Å². The van der Waals surface area contributed by atoms with Crippen LogP contribution in [0.25, 0.3) is 10.9 Å². The van der Waals surface area contributed by atoms with E-state index in [9.17, 15) is 18.7 Å². The molecule has 1 saturated carbocycles. The van der Waals surface area contributed by atoms with Crippen LogP contribution in [0.15, 0.2) is 42.6 Å². The number of hydrogen-bond donors (Lipinski definition) is 2. The lowest BCUT2D eigenvalue weighted by atomic mass is 9.59. The lowest BCUT2D eigenvalue weighted by molar-refractivity contribution is -0.186. The second kappa shape index (κ2) is 9.35. The fourth-order valence-electron chi connectivity index (χ4n) is 7.00. The molecule has 8 heteroatoms. The molecule has 3 aromatic rings. The molecule has 3 heterocycles. The summed E-state index contributed by atoms with van der Waals surface area (Å²) in [5.41, 5.74) is 4.57. The predicted molar refractivity (Wildman–Crippen MR) is 142 cm³/mol. The molecule has 2 N–H and O–H groups in total. The normalized spacial score (nSPS) is 24.6. The molecule has 6 nitrogen and oxygen atoms in total. The van der Waals surface area contributed by atoms with Crippen LogP contribution >= 0.6 is 0 Å². The monoisotopic (exact) mass is 523 g/mol. The van der Waals surface area contributed by atoms with E-state index in [0.717, 1.165) is 46.3 Å². The standard InChI is InChI=1S/C30H35F2N3O3/c1-19-13-26(38-2)24(23-7-10-33-27(19)23)16-34-12-9-29(17-30(31,32)18-29)14-25(34)20-3-5-21(6-4-20)28(37)35-11-8-22(36)15-35/h3-7,10,13,22,25,33,36H,8-9,11-12,14-18H2,1-2H3/t22-,25-/m0/s1. The number of benzene rings is 2. The number of fused-ring (bicyclic) bond motifs is 1. The fraction of sp³-hybridized carbons (Fsp3) is 0.500. The quantitative estimate of drug-likeness (QED) is 0.467. The molecule has 202 valence electrons. The van der Waals surface area contributed by atoms with E-state index in [-0.39, 0.29) is 30.2 Å². The Morgan fingerprint density at radius 1 is 1.18 bits per heavy atom. The maximum atomic E-state index is 14.0. The minimum Gasteiger partial charge on any atom is -0.496 e. The first-order valence-electron chi connectivity index (χ1n) is 13.5. The number of halogens is 2. The molecular weight excluding hydrogens is 488 g/mol. The van der Waals surface area contributed by atoms with Gasteiger partial charge >= 0.3 is 0 Å². The summed E-state index contributed by atoms with van der Waals surface area (Å²) in [7, 11) is 1.69. The number of nitrogens with zero attached hydrogens (tertiary/aromatic N) is 2. The number of aryl methyl sites for hydroxylation is 1. The summed E-state index contributed by atoms with van der Waals surface area (Å²) in [6.45, 7) is 4.33. The number of aromatic nitrogens is 1. The van der Waals surface area contributed by atoms with E-state index in [1.165, 1.54) is 0 Å². The molecule has 38 heavy (non-hydrogen) atoms. The average Bonchev–Trinajstić information content (AvgIpc) is 3.55. The van der Waals surface area contributed by atoms with Gasteiger partial charge < -0.3 is 19.7 Å². The molecule has 0 radical (unpaired) electrons. The second-order valence-electron chi connectivity index (χ2n) is 11.6. The van der Waals surface area contributed by atoms with Crippen LogP contribution < -0.4 is 4.74 Å². The van der Waals surface area contributed by atoms with E-state index in [1.807, 2.05) is 30.5 Å². The van der Waals surface area contributed by atoms with Crippen molar-refractivity contribution < 1.29 is 23.4 Å². The first-order valence-corrected chi connectivity index (χ1v) is 13.5. The molecule has 2 atom stereocenters. The predicted octanol–water partition coefficient (Wildman–Crippen LogP) is 5.44. The number of aromatic amines is 1. The van der Waals surface area contributed by atoms with Crippen LogP contribution in [0, 0.1) is 12.3 Å². The van der Waals surface area contributed by atoms with Crippen molar-refractivity contribution in [3.05, 3.63) is 64.8 Å². The molecule has 0 unspecified atom stereocenters. The zero-order chi connectivity index (χ0) is 26.7. The number of carbonyl (C=O) groups is 1.